The molecule has 2 aliphatic rings. The molecule has 6 nitrogen and oxygen atoms in total. The number of hydrogen-bond donors (Lipinski definition) is 0. The number of carbonyl (C=O) groups is 2. The van der Waals surface area contributed by atoms with Crippen LogP contribution in [0.4, 0.5) is 10.5 Å². The molecule has 1 aromatic carbocycles. The van der Waals surface area contributed by atoms with E-state index in [2.05, 4.69) is 17.0 Å². The number of ether oxygens (including phenoxy) is 1. The number of likely N-dealkylation sites (tertiary alicyclic amines) is 1. The first-order chi connectivity index (χ1) is 12.3. The highest BCUT2D eigenvalue weighted by Crippen LogP contribution is 2.25. The maximum absolute atomic E-state index is 12.2. The summed E-state index contributed by atoms with van der Waals surface area (Å²) < 4.78 is 5.47. The van der Waals surface area contributed by atoms with Gasteiger partial charge in [0.25, 0.3) is 0 Å². The van der Waals surface area contributed by atoms with E-state index in [-0.39, 0.29) is 12.0 Å². The van der Waals surface area contributed by atoms with Crippen LogP contribution >= 0.6 is 0 Å². The van der Waals surface area contributed by atoms with E-state index < -0.39 is 5.60 Å². The minimum Gasteiger partial charge on any atom is -0.444 e. The predicted octanol–water partition coefficient (Wildman–Crippen LogP) is 2.87. The van der Waals surface area contributed by atoms with Crippen LogP contribution in [-0.4, -0.2) is 60.1 Å². The van der Waals surface area contributed by atoms with Gasteiger partial charge in [-0.3, -0.25) is 4.79 Å². The van der Waals surface area contributed by atoms with E-state index >= 15 is 0 Å². The summed E-state index contributed by atoms with van der Waals surface area (Å²) in [6.45, 7) is 10.00. The molecule has 2 fully saturated rings. The van der Waals surface area contributed by atoms with Crippen LogP contribution in [0.2, 0.25) is 0 Å². The van der Waals surface area contributed by atoms with E-state index in [0.29, 0.717) is 26.1 Å². The van der Waals surface area contributed by atoms with Gasteiger partial charge < -0.3 is 19.4 Å². The molecule has 6 heteroatoms. The highest BCUT2D eigenvalue weighted by atomic mass is 16.6. The lowest BCUT2D eigenvalue weighted by Crippen LogP contribution is -2.50. The van der Waals surface area contributed by atoms with E-state index in [9.17, 15) is 9.59 Å². The molecule has 0 saturated carbocycles. The Kier molecular flexibility index (Phi) is 5.39. The van der Waals surface area contributed by atoms with Crippen LogP contribution in [0.1, 0.15) is 39.2 Å². The highest BCUT2D eigenvalue weighted by molar-refractivity contribution is 5.78. The van der Waals surface area contributed by atoms with Crippen LogP contribution < -0.4 is 4.90 Å². The van der Waals surface area contributed by atoms with Crippen molar-refractivity contribution in [2.24, 2.45) is 0 Å². The summed E-state index contributed by atoms with van der Waals surface area (Å²) in [7, 11) is 0. The second-order valence-corrected chi connectivity index (χ2v) is 8.00. The van der Waals surface area contributed by atoms with Crippen molar-refractivity contribution in [3.05, 3.63) is 29.8 Å². The third-order valence-corrected chi connectivity index (χ3v) is 4.80. The second kappa shape index (κ2) is 7.56. The topological polar surface area (TPSA) is 53.1 Å². The Hall–Kier alpha value is -2.24. The van der Waals surface area contributed by atoms with Crippen LogP contribution in [0.25, 0.3) is 0 Å². The first-order valence-corrected chi connectivity index (χ1v) is 9.42. The molecule has 1 aromatic rings. The molecule has 2 heterocycles. The van der Waals surface area contributed by atoms with E-state index in [0.717, 1.165) is 31.7 Å². The molecule has 3 rings (SSSR count). The van der Waals surface area contributed by atoms with Gasteiger partial charge in [-0.05, 0) is 38.8 Å². The smallest absolute Gasteiger partial charge is 0.410 e. The normalized spacial score (nSPS) is 18.4. The van der Waals surface area contributed by atoms with E-state index in [1.54, 1.807) is 4.90 Å². The third-order valence-electron chi connectivity index (χ3n) is 4.80. The average molecular weight is 359 g/mol. The molecule has 0 aromatic heterocycles. The van der Waals surface area contributed by atoms with Gasteiger partial charge in [-0.25, -0.2) is 4.79 Å². The number of amides is 2. The molecule has 2 saturated heterocycles. The summed E-state index contributed by atoms with van der Waals surface area (Å²) in [4.78, 5) is 30.2. The Bertz CT molecular complexity index is 661. The number of anilines is 1. The van der Waals surface area contributed by atoms with Crippen molar-refractivity contribution in [3.8, 4) is 0 Å². The van der Waals surface area contributed by atoms with Crippen LogP contribution in [-0.2, 0) is 16.1 Å². The molecule has 0 bridgehead atoms. The maximum atomic E-state index is 12.2. The monoisotopic (exact) mass is 359 g/mol. The second-order valence-electron chi connectivity index (χ2n) is 8.00. The minimum absolute atomic E-state index is 0.243. The molecule has 26 heavy (non-hydrogen) atoms. The van der Waals surface area contributed by atoms with Gasteiger partial charge in [-0.15, -0.1) is 0 Å². The SMILES string of the molecule is CC(C)(C)OC(=O)N1CCN(c2ccccc2CN2CCCC2=O)CC1. The van der Waals surface area contributed by atoms with E-state index in [4.69, 9.17) is 4.74 Å². The van der Waals surface area contributed by atoms with Crippen molar-refractivity contribution < 1.29 is 14.3 Å². The Morgan fingerprint density at radius 3 is 2.38 bits per heavy atom. The van der Waals surface area contributed by atoms with Crippen molar-refractivity contribution in [3.63, 3.8) is 0 Å². The fourth-order valence-corrected chi connectivity index (χ4v) is 3.49. The molecule has 2 amide bonds. The zero-order chi connectivity index (χ0) is 18.7. The highest BCUT2D eigenvalue weighted by Gasteiger charge is 2.27. The number of hydrogen-bond acceptors (Lipinski definition) is 4. The first kappa shape index (κ1) is 18.5. The Balaban J connectivity index is 1.63. The molecule has 0 aliphatic carbocycles. The van der Waals surface area contributed by atoms with Crippen molar-refractivity contribution >= 4 is 17.7 Å². The molecule has 0 atom stereocenters. The Morgan fingerprint density at radius 2 is 1.77 bits per heavy atom. The molecule has 2 aliphatic heterocycles. The van der Waals surface area contributed by atoms with Crippen molar-refractivity contribution in [2.45, 2.75) is 45.8 Å². The lowest BCUT2D eigenvalue weighted by atomic mass is 10.1. The minimum atomic E-state index is -0.469. The summed E-state index contributed by atoms with van der Waals surface area (Å²) in [5.41, 5.74) is 1.87. The largest absolute Gasteiger partial charge is 0.444 e. The zero-order valence-electron chi connectivity index (χ0n) is 16.0. The molecular formula is C20H29N3O3. The molecular weight excluding hydrogens is 330 g/mol. The van der Waals surface area contributed by atoms with Crippen LogP contribution in [0.15, 0.2) is 24.3 Å². The van der Waals surface area contributed by atoms with Gasteiger partial charge in [0, 0.05) is 51.4 Å². The number of benzene rings is 1. The molecule has 142 valence electrons. The van der Waals surface area contributed by atoms with Gasteiger partial charge in [0.05, 0.1) is 0 Å². The molecule has 0 radical (unpaired) electrons. The Labute approximate surface area is 155 Å². The average Bonchev–Trinajstić information content (AvgIpc) is 2.99. The molecule has 0 unspecified atom stereocenters. The number of piperazine rings is 1. The summed E-state index contributed by atoms with van der Waals surface area (Å²) in [6.07, 6.45) is 1.37. The van der Waals surface area contributed by atoms with Gasteiger partial charge >= 0.3 is 6.09 Å². The number of para-hydroxylation sites is 1. The van der Waals surface area contributed by atoms with Gasteiger partial charge in [0.1, 0.15) is 5.60 Å². The number of rotatable bonds is 3. The van der Waals surface area contributed by atoms with Crippen molar-refractivity contribution in [1.29, 1.82) is 0 Å². The number of carbonyl (C=O) groups excluding carboxylic acids is 2. The van der Waals surface area contributed by atoms with Gasteiger partial charge in [0.2, 0.25) is 5.91 Å². The van der Waals surface area contributed by atoms with Gasteiger partial charge in [-0.1, -0.05) is 18.2 Å². The predicted molar refractivity (Wildman–Crippen MR) is 101 cm³/mol. The Morgan fingerprint density at radius 1 is 1.08 bits per heavy atom. The van der Waals surface area contributed by atoms with Crippen molar-refractivity contribution in [2.75, 3.05) is 37.6 Å². The quantitative estimate of drug-likeness (QED) is 0.833. The third kappa shape index (κ3) is 4.48. The maximum Gasteiger partial charge on any atom is 0.410 e. The lowest BCUT2D eigenvalue weighted by Gasteiger charge is -2.37. The zero-order valence-corrected chi connectivity index (χ0v) is 16.0. The van der Waals surface area contributed by atoms with Crippen LogP contribution in [0, 0.1) is 0 Å². The molecule has 0 spiro atoms. The summed E-state index contributed by atoms with van der Waals surface area (Å²) in [5.74, 6) is 0.245. The fraction of sp³-hybridized carbons (Fsp3) is 0.600. The van der Waals surface area contributed by atoms with E-state index in [1.807, 2.05) is 37.8 Å². The van der Waals surface area contributed by atoms with Gasteiger partial charge in [0.15, 0.2) is 0 Å². The lowest BCUT2D eigenvalue weighted by molar-refractivity contribution is -0.128. The number of nitrogens with zero attached hydrogens (tertiary/aromatic N) is 3. The fourth-order valence-electron chi connectivity index (χ4n) is 3.49. The summed E-state index contributed by atoms with van der Waals surface area (Å²) in [6, 6.07) is 8.27. The van der Waals surface area contributed by atoms with Crippen LogP contribution in [0.3, 0.4) is 0 Å². The summed E-state index contributed by atoms with van der Waals surface area (Å²) in [5, 5.41) is 0. The van der Waals surface area contributed by atoms with Crippen molar-refractivity contribution in [1.82, 2.24) is 9.80 Å². The van der Waals surface area contributed by atoms with Gasteiger partial charge in [-0.2, -0.15) is 0 Å². The standard InChI is InChI=1S/C20H29N3O3/c1-20(2,3)26-19(25)22-13-11-21(12-14-22)17-8-5-4-7-16(17)15-23-10-6-9-18(23)24/h4-5,7-8H,6,9-15H2,1-3H3. The molecule has 0 N–H and O–H groups in total. The van der Waals surface area contributed by atoms with E-state index in [1.165, 1.54) is 5.56 Å². The summed E-state index contributed by atoms with van der Waals surface area (Å²) >= 11 is 0. The first-order valence-electron chi connectivity index (χ1n) is 9.42. The van der Waals surface area contributed by atoms with Crippen LogP contribution in [0.5, 0.6) is 0 Å².